The second kappa shape index (κ2) is 10.1. The zero-order valence-electron chi connectivity index (χ0n) is 15.7. The third-order valence-corrected chi connectivity index (χ3v) is 4.51. The number of nitrogens with zero attached hydrogens (tertiary/aromatic N) is 3. The molecule has 1 N–H and O–H groups in total. The van der Waals surface area contributed by atoms with Gasteiger partial charge in [0.15, 0.2) is 12.8 Å². The quantitative estimate of drug-likeness (QED) is 0.397. The smallest absolute Gasteiger partial charge is 0.219 e. The van der Waals surface area contributed by atoms with Crippen LogP contribution in [0.1, 0.15) is 25.0 Å². The number of aliphatic imine (C=N–C) groups is 1. The van der Waals surface area contributed by atoms with E-state index in [2.05, 4.69) is 15.2 Å². The highest BCUT2D eigenvalue weighted by Gasteiger charge is 2.21. The Morgan fingerprint density at radius 2 is 1.96 bits per heavy atom. The van der Waals surface area contributed by atoms with Gasteiger partial charge in [-0.15, -0.1) is 24.0 Å². The number of amides is 1. The maximum atomic E-state index is 13.9. The zero-order valence-corrected chi connectivity index (χ0v) is 18.0. The molecule has 0 spiro atoms. The van der Waals surface area contributed by atoms with Crippen LogP contribution < -0.4 is 10.1 Å². The monoisotopic (exact) mass is 492 g/mol. The number of rotatable bonds is 3. The zero-order chi connectivity index (χ0) is 18.5. The summed E-state index contributed by atoms with van der Waals surface area (Å²) in [5, 5.41) is 3.27. The Morgan fingerprint density at radius 3 is 2.63 bits per heavy atom. The van der Waals surface area contributed by atoms with E-state index in [1.807, 2.05) is 11.8 Å². The van der Waals surface area contributed by atoms with Crippen LogP contribution in [0.4, 0.5) is 4.39 Å². The number of carbonyl (C=O) groups is 1. The first-order valence-electron chi connectivity index (χ1n) is 8.89. The van der Waals surface area contributed by atoms with E-state index in [1.54, 1.807) is 6.92 Å². The fourth-order valence-corrected chi connectivity index (χ4v) is 3.19. The van der Waals surface area contributed by atoms with Gasteiger partial charge in [0.25, 0.3) is 0 Å². The average Bonchev–Trinajstić information content (AvgIpc) is 2.65. The molecule has 3 rings (SSSR count). The van der Waals surface area contributed by atoms with Gasteiger partial charge < -0.3 is 24.6 Å². The fourth-order valence-electron chi connectivity index (χ4n) is 3.19. The van der Waals surface area contributed by atoms with E-state index in [0.717, 1.165) is 25.6 Å². The van der Waals surface area contributed by atoms with Crippen molar-refractivity contribution in [2.75, 3.05) is 39.5 Å². The van der Waals surface area contributed by atoms with Crippen LogP contribution in [0, 0.1) is 5.82 Å². The van der Waals surface area contributed by atoms with E-state index < -0.39 is 0 Å². The van der Waals surface area contributed by atoms with Crippen LogP contribution in [0.3, 0.4) is 0 Å². The molecule has 9 heteroatoms. The van der Waals surface area contributed by atoms with Gasteiger partial charge in [0.05, 0.1) is 13.2 Å². The van der Waals surface area contributed by atoms with Crippen LogP contribution in [0.2, 0.25) is 0 Å². The number of benzene rings is 1. The molecule has 27 heavy (non-hydrogen) atoms. The number of nitrogens with one attached hydrogen (secondary N) is 1. The summed E-state index contributed by atoms with van der Waals surface area (Å²) in [6.45, 7) is 7.95. The van der Waals surface area contributed by atoms with Gasteiger partial charge in [-0.05, 0) is 19.1 Å². The third-order valence-electron chi connectivity index (χ3n) is 4.51. The van der Waals surface area contributed by atoms with Gasteiger partial charge in [0.1, 0.15) is 11.6 Å². The van der Waals surface area contributed by atoms with Gasteiger partial charge in [-0.2, -0.15) is 0 Å². The van der Waals surface area contributed by atoms with Crippen molar-refractivity contribution in [2.45, 2.75) is 27.0 Å². The van der Waals surface area contributed by atoms with E-state index in [-0.39, 0.29) is 42.5 Å². The van der Waals surface area contributed by atoms with Crippen LogP contribution >= 0.6 is 24.0 Å². The third kappa shape index (κ3) is 5.44. The molecule has 1 amide bonds. The van der Waals surface area contributed by atoms with Crippen LogP contribution in [-0.4, -0.2) is 61.2 Å². The maximum absolute atomic E-state index is 13.9. The topological polar surface area (TPSA) is 66.4 Å². The predicted octanol–water partition coefficient (Wildman–Crippen LogP) is 1.94. The molecule has 2 heterocycles. The van der Waals surface area contributed by atoms with E-state index in [9.17, 15) is 9.18 Å². The molecule has 1 saturated heterocycles. The first-order valence-corrected chi connectivity index (χ1v) is 8.89. The van der Waals surface area contributed by atoms with E-state index >= 15 is 0 Å². The van der Waals surface area contributed by atoms with Crippen molar-refractivity contribution in [1.82, 2.24) is 15.1 Å². The molecule has 150 valence electrons. The first-order chi connectivity index (χ1) is 12.6. The van der Waals surface area contributed by atoms with Gasteiger partial charge in [-0.3, -0.25) is 4.79 Å². The lowest BCUT2D eigenvalue weighted by Gasteiger charge is -2.36. The highest BCUT2D eigenvalue weighted by atomic mass is 127. The minimum absolute atomic E-state index is 0. The first kappa shape index (κ1) is 21.7. The molecule has 0 radical (unpaired) electrons. The Balaban J connectivity index is 0.00000261. The molecule has 1 aromatic rings. The lowest BCUT2D eigenvalue weighted by atomic mass is 10.1. The molecule has 7 nitrogen and oxygen atoms in total. The predicted molar refractivity (Wildman–Crippen MR) is 111 cm³/mol. The summed E-state index contributed by atoms with van der Waals surface area (Å²) < 4.78 is 24.6. The van der Waals surface area contributed by atoms with Gasteiger partial charge >= 0.3 is 0 Å². The molecule has 1 aromatic carbocycles. The molecule has 0 saturated carbocycles. The van der Waals surface area contributed by atoms with Crippen LogP contribution in [0.5, 0.6) is 5.75 Å². The molecule has 1 fully saturated rings. The maximum Gasteiger partial charge on any atom is 0.219 e. The Bertz CT molecular complexity index is 693. The number of hydrogen-bond donors (Lipinski definition) is 1. The van der Waals surface area contributed by atoms with Crippen molar-refractivity contribution in [3.8, 4) is 5.75 Å². The van der Waals surface area contributed by atoms with E-state index in [4.69, 9.17) is 9.47 Å². The molecule has 0 aromatic heterocycles. The standard InChI is InChI=1S/C18H25FN4O3.HI/c1-3-20-18(23-6-4-22(5-7-23)13(2)24)21-10-14-8-16(19)9-15-11-25-12-26-17(14)15;/h8-9H,3-7,10-12H2,1-2H3,(H,20,21);1H. The highest BCUT2D eigenvalue weighted by Crippen LogP contribution is 2.30. The lowest BCUT2D eigenvalue weighted by Crippen LogP contribution is -2.53. The van der Waals surface area contributed by atoms with Crippen LogP contribution in [0.25, 0.3) is 0 Å². The van der Waals surface area contributed by atoms with E-state index in [0.29, 0.717) is 43.1 Å². The number of guanidine groups is 1. The van der Waals surface area contributed by atoms with Gasteiger partial charge in [-0.25, -0.2) is 9.38 Å². The molecule has 0 unspecified atom stereocenters. The number of halogens is 2. The normalized spacial score (nSPS) is 16.9. The highest BCUT2D eigenvalue weighted by molar-refractivity contribution is 14.0. The molecule has 0 aliphatic carbocycles. The Labute approximate surface area is 175 Å². The largest absolute Gasteiger partial charge is 0.467 e. The lowest BCUT2D eigenvalue weighted by molar-refractivity contribution is -0.130. The average molecular weight is 492 g/mol. The number of ether oxygens (including phenoxy) is 2. The van der Waals surface area contributed by atoms with Crippen molar-refractivity contribution in [3.63, 3.8) is 0 Å². The number of carbonyl (C=O) groups excluding carboxylic acids is 1. The van der Waals surface area contributed by atoms with Crippen molar-refractivity contribution in [1.29, 1.82) is 0 Å². The van der Waals surface area contributed by atoms with Crippen molar-refractivity contribution in [2.24, 2.45) is 4.99 Å². The van der Waals surface area contributed by atoms with Crippen molar-refractivity contribution < 1.29 is 18.7 Å². The molecular formula is C18H26FIN4O3. The van der Waals surface area contributed by atoms with Gasteiger partial charge in [-0.1, -0.05) is 0 Å². The summed E-state index contributed by atoms with van der Waals surface area (Å²) in [6.07, 6.45) is 0. The Kier molecular flexibility index (Phi) is 8.08. The van der Waals surface area contributed by atoms with Gasteiger partial charge in [0.2, 0.25) is 5.91 Å². The Hall–Kier alpha value is -1.62. The second-order valence-corrected chi connectivity index (χ2v) is 6.33. The summed E-state index contributed by atoms with van der Waals surface area (Å²) in [5.74, 6) is 1.21. The summed E-state index contributed by atoms with van der Waals surface area (Å²) >= 11 is 0. The molecular weight excluding hydrogens is 466 g/mol. The SMILES string of the molecule is CCNC(=NCc1cc(F)cc2c1OCOC2)N1CCN(C(C)=O)CC1.I. The molecule has 0 atom stereocenters. The fraction of sp³-hybridized carbons (Fsp3) is 0.556. The molecule has 0 bridgehead atoms. The number of piperazine rings is 1. The second-order valence-electron chi connectivity index (χ2n) is 6.33. The minimum Gasteiger partial charge on any atom is -0.467 e. The Morgan fingerprint density at radius 1 is 1.26 bits per heavy atom. The summed E-state index contributed by atoms with van der Waals surface area (Å²) in [7, 11) is 0. The van der Waals surface area contributed by atoms with Crippen LogP contribution in [0.15, 0.2) is 17.1 Å². The van der Waals surface area contributed by atoms with Gasteiger partial charge in [0, 0.05) is 50.8 Å². The minimum atomic E-state index is -0.317. The van der Waals surface area contributed by atoms with Crippen LogP contribution in [-0.2, 0) is 22.7 Å². The number of fused-ring (bicyclic) bond motifs is 1. The summed E-state index contributed by atoms with van der Waals surface area (Å²) in [5.41, 5.74) is 1.42. The summed E-state index contributed by atoms with van der Waals surface area (Å²) in [6, 6.07) is 2.90. The van der Waals surface area contributed by atoms with E-state index in [1.165, 1.54) is 12.1 Å². The van der Waals surface area contributed by atoms with Crippen molar-refractivity contribution >= 4 is 35.8 Å². The summed E-state index contributed by atoms with van der Waals surface area (Å²) in [4.78, 5) is 20.1. The molecule has 2 aliphatic heterocycles. The van der Waals surface area contributed by atoms with Crippen molar-refractivity contribution in [3.05, 3.63) is 29.1 Å². The number of hydrogen-bond acceptors (Lipinski definition) is 4. The molecule has 2 aliphatic rings.